The number of ketones is 1. The lowest BCUT2D eigenvalue weighted by atomic mass is 10.0. The summed E-state index contributed by atoms with van der Waals surface area (Å²) in [5, 5.41) is 0.307. The molecule has 0 aliphatic carbocycles. The summed E-state index contributed by atoms with van der Waals surface area (Å²) in [6.45, 7) is 2.58. The molecule has 1 N–H and O–H groups in total. The summed E-state index contributed by atoms with van der Waals surface area (Å²) in [4.78, 5) is 39.4. The zero-order valence-electron chi connectivity index (χ0n) is 22.4. The number of thiol groups is 1. The Hall–Kier alpha value is -3.12. The van der Waals surface area contributed by atoms with Crippen molar-refractivity contribution in [3.8, 4) is 11.8 Å². The SMILES string of the molecule is CCC(SSCCCC(=O)CCC(=O)N1Cc2ccccc2C#Cc2ccccc21)c1ccc(C(=O)NS)cc1. The Labute approximate surface area is 249 Å². The fourth-order valence-electron chi connectivity index (χ4n) is 4.45. The number of rotatable bonds is 12. The van der Waals surface area contributed by atoms with Crippen LogP contribution in [0.15, 0.2) is 72.8 Å². The molecule has 0 spiro atoms. The van der Waals surface area contributed by atoms with Crippen LogP contribution < -0.4 is 9.62 Å². The second kappa shape index (κ2) is 15.0. The van der Waals surface area contributed by atoms with Gasteiger partial charge in [-0.2, -0.15) is 0 Å². The molecule has 0 saturated carbocycles. The van der Waals surface area contributed by atoms with Crippen molar-refractivity contribution < 1.29 is 14.4 Å². The predicted octanol–water partition coefficient (Wildman–Crippen LogP) is 7.17. The van der Waals surface area contributed by atoms with Gasteiger partial charge in [0.2, 0.25) is 5.91 Å². The van der Waals surface area contributed by atoms with Gasteiger partial charge in [-0.3, -0.25) is 19.1 Å². The normalized spacial score (nSPS) is 12.6. The highest BCUT2D eigenvalue weighted by molar-refractivity contribution is 8.76. The fraction of sp³-hybridized carbons (Fsp3) is 0.281. The third-order valence-corrected chi connectivity index (χ3v) is 9.91. The second-order valence-corrected chi connectivity index (χ2v) is 12.3. The number of hydrogen-bond donors (Lipinski definition) is 2. The molecular formula is C32H32N2O3S3. The van der Waals surface area contributed by atoms with Crippen molar-refractivity contribution in [3.05, 3.63) is 101 Å². The van der Waals surface area contributed by atoms with E-state index in [1.807, 2.05) is 72.8 Å². The first-order chi connectivity index (χ1) is 19.5. The average Bonchev–Trinajstić information content (AvgIpc) is 2.98. The molecule has 40 heavy (non-hydrogen) atoms. The van der Waals surface area contributed by atoms with E-state index < -0.39 is 0 Å². The van der Waals surface area contributed by atoms with Crippen molar-refractivity contribution >= 4 is 57.7 Å². The van der Waals surface area contributed by atoms with Crippen molar-refractivity contribution in [2.45, 2.75) is 50.8 Å². The Morgan fingerprint density at radius 3 is 2.38 bits per heavy atom. The van der Waals surface area contributed by atoms with E-state index in [4.69, 9.17) is 0 Å². The highest BCUT2D eigenvalue weighted by atomic mass is 33.1. The lowest BCUT2D eigenvalue weighted by Crippen LogP contribution is -2.32. The van der Waals surface area contributed by atoms with Crippen LogP contribution in [0.4, 0.5) is 5.69 Å². The van der Waals surface area contributed by atoms with Crippen LogP contribution in [-0.4, -0.2) is 23.4 Å². The van der Waals surface area contributed by atoms with E-state index in [0.717, 1.165) is 41.0 Å². The van der Waals surface area contributed by atoms with Gasteiger partial charge in [0.1, 0.15) is 5.78 Å². The molecule has 1 atom stereocenters. The van der Waals surface area contributed by atoms with Gasteiger partial charge >= 0.3 is 0 Å². The third-order valence-electron chi connectivity index (χ3n) is 6.68. The minimum absolute atomic E-state index is 0.0621. The smallest absolute Gasteiger partial charge is 0.260 e. The van der Waals surface area contributed by atoms with Gasteiger partial charge in [-0.1, -0.05) is 95.6 Å². The van der Waals surface area contributed by atoms with Gasteiger partial charge in [0, 0.05) is 47.0 Å². The molecule has 0 saturated heterocycles. The zero-order chi connectivity index (χ0) is 28.3. The molecule has 5 nitrogen and oxygen atoms in total. The summed E-state index contributed by atoms with van der Waals surface area (Å²) in [5.41, 5.74) is 5.28. The van der Waals surface area contributed by atoms with Crippen molar-refractivity contribution in [2.24, 2.45) is 0 Å². The standard InChI is InChI=1S/C32H32N2O3S3/c1-2-30(25-15-17-26(18-16-25)32(37)33-38)40-39-21-7-11-28(35)19-20-31(36)34-22-27-10-4-3-8-23(27)13-14-24-9-5-6-12-29(24)34/h3-6,8-10,12,15-18,30,38H,2,7,11,19-22H2,1H3,(H,33,37). The van der Waals surface area contributed by atoms with Crippen molar-refractivity contribution in [2.75, 3.05) is 10.7 Å². The number of nitrogens with one attached hydrogen (secondary N) is 1. The molecule has 0 aromatic heterocycles. The molecule has 1 unspecified atom stereocenters. The first-order valence-electron chi connectivity index (χ1n) is 13.3. The maximum atomic E-state index is 13.3. The monoisotopic (exact) mass is 588 g/mol. The van der Waals surface area contributed by atoms with Gasteiger partial charge in [0.15, 0.2) is 0 Å². The Morgan fingerprint density at radius 2 is 1.62 bits per heavy atom. The summed E-state index contributed by atoms with van der Waals surface area (Å²) in [7, 11) is 3.55. The summed E-state index contributed by atoms with van der Waals surface area (Å²) < 4.78 is 2.34. The van der Waals surface area contributed by atoms with Crippen LogP contribution in [0, 0.1) is 11.8 Å². The first-order valence-corrected chi connectivity index (χ1v) is 16.2. The molecule has 1 heterocycles. The van der Waals surface area contributed by atoms with Gasteiger partial charge in [0.05, 0.1) is 12.2 Å². The lowest BCUT2D eigenvalue weighted by molar-refractivity contribution is -0.124. The molecule has 0 radical (unpaired) electrons. The van der Waals surface area contributed by atoms with Crippen LogP contribution in [0.3, 0.4) is 0 Å². The maximum Gasteiger partial charge on any atom is 0.260 e. The molecular weight excluding hydrogens is 557 g/mol. The number of amides is 2. The highest BCUT2D eigenvalue weighted by Crippen LogP contribution is 2.40. The Kier molecular flexibility index (Phi) is 11.2. The second-order valence-electron chi connectivity index (χ2n) is 9.42. The van der Waals surface area contributed by atoms with E-state index in [1.54, 1.807) is 26.5 Å². The minimum atomic E-state index is -0.220. The topological polar surface area (TPSA) is 66.5 Å². The molecule has 1 aliphatic heterocycles. The van der Waals surface area contributed by atoms with Crippen LogP contribution in [-0.2, 0) is 16.1 Å². The number of carbonyl (C=O) groups is 3. The number of benzene rings is 3. The third kappa shape index (κ3) is 7.97. The lowest BCUT2D eigenvalue weighted by Gasteiger charge is -2.26. The van der Waals surface area contributed by atoms with E-state index in [-0.39, 0.29) is 30.4 Å². The van der Waals surface area contributed by atoms with Crippen molar-refractivity contribution in [3.63, 3.8) is 0 Å². The van der Waals surface area contributed by atoms with E-state index in [2.05, 4.69) is 36.3 Å². The number of nitrogens with zero attached hydrogens (tertiary/aromatic N) is 1. The molecule has 2 amide bonds. The number of fused-ring (bicyclic) bond motifs is 2. The van der Waals surface area contributed by atoms with Crippen LogP contribution in [0.2, 0.25) is 0 Å². The van der Waals surface area contributed by atoms with Crippen LogP contribution in [0.5, 0.6) is 0 Å². The number of carbonyl (C=O) groups excluding carboxylic acids is 3. The van der Waals surface area contributed by atoms with Gasteiger partial charge in [-0.25, -0.2) is 0 Å². The molecule has 0 bridgehead atoms. The van der Waals surface area contributed by atoms with E-state index >= 15 is 0 Å². The van der Waals surface area contributed by atoms with Crippen LogP contribution in [0.25, 0.3) is 0 Å². The Balaban J connectivity index is 1.24. The zero-order valence-corrected chi connectivity index (χ0v) is 24.9. The van der Waals surface area contributed by atoms with Gasteiger partial charge in [0.25, 0.3) is 5.91 Å². The van der Waals surface area contributed by atoms with Gasteiger partial charge in [-0.15, -0.1) is 0 Å². The number of para-hydroxylation sites is 1. The van der Waals surface area contributed by atoms with Crippen molar-refractivity contribution in [1.82, 2.24) is 4.72 Å². The van der Waals surface area contributed by atoms with Crippen molar-refractivity contribution in [1.29, 1.82) is 0 Å². The Bertz CT molecular complexity index is 1410. The summed E-state index contributed by atoms with van der Waals surface area (Å²) in [5.74, 6) is 7.13. The van der Waals surface area contributed by atoms with E-state index in [0.29, 0.717) is 23.8 Å². The minimum Gasteiger partial charge on any atom is -0.307 e. The number of anilines is 1. The maximum absolute atomic E-state index is 13.3. The molecule has 3 aromatic carbocycles. The number of Topliss-reactive ketones (excluding diaryl/α,β-unsaturated/α-hetero) is 1. The van der Waals surface area contributed by atoms with E-state index in [1.165, 1.54) is 5.56 Å². The molecule has 8 heteroatoms. The van der Waals surface area contributed by atoms with Crippen LogP contribution in [0.1, 0.15) is 76.9 Å². The molecule has 3 aromatic rings. The largest absolute Gasteiger partial charge is 0.307 e. The summed E-state index contributed by atoms with van der Waals surface area (Å²) >= 11 is 3.81. The first kappa shape index (κ1) is 29.9. The van der Waals surface area contributed by atoms with Crippen LogP contribution >= 0.6 is 34.4 Å². The fourth-order valence-corrected chi connectivity index (χ4v) is 7.38. The molecule has 0 fully saturated rings. The average molecular weight is 589 g/mol. The van der Waals surface area contributed by atoms with Gasteiger partial charge < -0.3 is 4.90 Å². The predicted molar refractivity (Wildman–Crippen MR) is 170 cm³/mol. The van der Waals surface area contributed by atoms with E-state index in [9.17, 15) is 14.4 Å². The van der Waals surface area contributed by atoms with Gasteiger partial charge in [-0.05, 0) is 54.3 Å². The number of hydrogen-bond acceptors (Lipinski definition) is 6. The quantitative estimate of drug-likeness (QED) is 0.102. The molecule has 4 rings (SSSR count). The summed E-state index contributed by atoms with van der Waals surface area (Å²) in [6.07, 6.45) is 2.64. The highest BCUT2D eigenvalue weighted by Gasteiger charge is 2.21. The summed E-state index contributed by atoms with van der Waals surface area (Å²) in [6, 6.07) is 23.2. The molecule has 1 aliphatic rings. The Morgan fingerprint density at radius 1 is 0.925 bits per heavy atom. The molecule has 206 valence electrons.